The smallest absolute Gasteiger partial charge is 0.255 e. The molecule has 0 aliphatic rings. The van der Waals surface area contributed by atoms with Crippen molar-refractivity contribution in [3.8, 4) is 0 Å². The molecule has 0 atom stereocenters. The van der Waals surface area contributed by atoms with Crippen molar-refractivity contribution in [2.75, 3.05) is 19.3 Å². The Morgan fingerprint density at radius 2 is 2.12 bits per heavy atom. The van der Waals surface area contributed by atoms with E-state index in [1.54, 1.807) is 30.1 Å². The molecule has 0 saturated carbocycles. The van der Waals surface area contributed by atoms with Gasteiger partial charge in [-0.2, -0.15) is 0 Å². The first-order valence-electron chi connectivity index (χ1n) is 5.86. The molecule has 0 aliphatic carbocycles. The Labute approximate surface area is 108 Å². The molecule has 1 amide bonds. The molecule has 0 unspecified atom stereocenters. The molecule has 0 radical (unpaired) electrons. The minimum atomic E-state index is -0.0499. The molecule has 0 aromatic heterocycles. The Morgan fingerprint density at radius 1 is 1.41 bits per heavy atom. The first-order valence-corrected chi connectivity index (χ1v) is 6.24. The lowest BCUT2D eigenvalue weighted by Gasteiger charge is -2.17. The maximum Gasteiger partial charge on any atom is 0.255 e. The fourth-order valence-corrected chi connectivity index (χ4v) is 1.88. The average molecular weight is 255 g/mol. The normalized spacial score (nSPS) is 10.3. The summed E-state index contributed by atoms with van der Waals surface area (Å²) in [5, 5.41) is 0.414. The zero-order valence-corrected chi connectivity index (χ0v) is 11.1. The number of halogens is 1. The molecule has 0 bridgehead atoms. The van der Waals surface area contributed by atoms with Crippen LogP contribution in [0.2, 0.25) is 5.02 Å². The molecule has 0 fully saturated rings. The number of nitrogen functional groups attached to an aromatic ring is 1. The summed E-state index contributed by atoms with van der Waals surface area (Å²) in [7, 11) is 1.80. The fraction of sp³-hybridized carbons (Fsp3) is 0.462. The molecular formula is C13H19ClN2O. The molecule has 0 aliphatic heterocycles. The number of amides is 1. The van der Waals surface area contributed by atoms with Gasteiger partial charge in [0.15, 0.2) is 0 Å². The van der Waals surface area contributed by atoms with Crippen LogP contribution in [0, 0.1) is 0 Å². The Morgan fingerprint density at radius 3 is 2.71 bits per heavy atom. The molecule has 94 valence electrons. The van der Waals surface area contributed by atoms with E-state index in [1.807, 2.05) is 0 Å². The van der Waals surface area contributed by atoms with Crippen molar-refractivity contribution >= 4 is 23.2 Å². The monoisotopic (exact) mass is 254 g/mol. The highest BCUT2D eigenvalue weighted by molar-refractivity contribution is 6.34. The molecule has 0 heterocycles. The van der Waals surface area contributed by atoms with Gasteiger partial charge in [-0.25, -0.2) is 0 Å². The van der Waals surface area contributed by atoms with Gasteiger partial charge in [0.25, 0.3) is 5.91 Å². The van der Waals surface area contributed by atoms with Gasteiger partial charge < -0.3 is 10.6 Å². The van der Waals surface area contributed by atoms with Crippen molar-refractivity contribution in [3.63, 3.8) is 0 Å². The number of nitrogens with two attached hydrogens (primary N) is 1. The summed E-state index contributed by atoms with van der Waals surface area (Å²) in [6.45, 7) is 2.89. The second kappa shape index (κ2) is 6.50. The molecule has 17 heavy (non-hydrogen) atoms. The van der Waals surface area contributed by atoms with E-state index in [0.717, 1.165) is 25.8 Å². The van der Waals surface area contributed by atoms with Crippen LogP contribution < -0.4 is 5.73 Å². The molecule has 0 spiro atoms. The van der Waals surface area contributed by atoms with Gasteiger partial charge in [-0.3, -0.25) is 4.79 Å². The van der Waals surface area contributed by atoms with Gasteiger partial charge >= 0.3 is 0 Å². The summed E-state index contributed by atoms with van der Waals surface area (Å²) < 4.78 is 0. The van der Waals surface area contributed by atoms with E-state index in [0.29, 0.717) is 16.3 Å². The van der Waals surface area contributed by atoms with Gasteiger partial charge in [-0.15, -0.1) is 0 Å². The van der Waals surface area contributed by atoms with Crippen LogP contribution in [-0.4, -0.2) is 24.4 Å². The number of rotatable bonds is 5. The Hall–Kier alpha value is -1.22. The van der Waals surface area contributed by atoms with Crippen LogP contribution in [0.25, 0.3) is 0 Å². The number of unbranched alkanes of at least 4 members (excludes halogenated alkanes) is 2. The predicted octanol–water partition coefficient (Wildman–Crippen LogP) is 3.18. The lowest BCUT2D eigenvalue weighted by atomic mass is 10.1. The van der Waals surface area contributed by atoms with Crippen LogP contribution in [0.1, 0.15) is 36.5 Å². The summed E-state index contributed by atoms with van der Waals surface area (Å²) in [5.41, 5.74) is 6.68. The number of benzene rings is 1. The number of carbonyl (C=O) groups is 1. The lowest BCUT2D eigenvalue weighted by molar-refractivity contribution is 0.0793. The van der Waals surface area contributed by atoms with Crippen LogP contribution in [0.15, 0.2) is 18.2 Å². The zero-order valence-electron chi connectivity index (χ0n) is 10.4. The number of carbonyl (C=O) groups excluding carboxylic acids is 1. The minimum absolute atomic E-state index is 0.0499. The van der Waals surface area contributed by atoms with Crippen LogP contribution in [0.4, 0.5) is 5.69 Å². The maximum atomic E-state index is 12.1. The van der Waals surface area contributed by atoms with Crippen LogP contribution in [0.5, 0.6) is 0 Å². The van der Waals surface area contributed by atoms with E-state index in [-0.39, 0.29) is 5.91 Å². The Kier molecular flexibility index (Phi) is 5.29. The van der Waals surface area contributed by atoms with Crippen molar-refractivity contribution in [1.29, 1.82) is 0 Å². The third-order valence-corrected chi connectivity index (χ3v) is 2.98. The third kappa shape index (κ3) is 3.93. The first kappa shape index (κ1) is 13.8. The molecule has 3 nitrogen and oxygen atoms in total. The number of hydrogen-bond donors (Lipinski definition) is 1. The number of nitrogens with zero attached hydrogens (tertiary/aromatic N) is 1. The molecular weight excluding hydrogens is 236 g/mol. The SMILES string of the molecule is CCCCCN(C)C(=O)c1ccc(N)cc1Cl. The van der Waals surface area contributed by atoms with Crippen molar-refractivity contribution in [2.45, 2.75) is 26.2 Å². The fourth-order valence-electron chi connectivity index (χ4n) is 1.61. The van der Waals surface area contributed by atoms with Crippen LogP contribution >= 0.6 is 11.6 Å². The van der Waals surface area contributed by atoms with Crippen molar-refractivity contribution < 1.29 is 4.79 Å². The zero-order chi connectivity index (χ0) is 12.8. The van der Waals surface area contributed by atoms with Crippen LogP contribution in [0.3, 0.4) is 0 Å². The van der Waals surface area contributed by atoms with Gasteiger partial charge in [0.05, 0.1) is 10.6 Å². The minimum Gasteiger partial charge on any atom is -0.399 e. The van der Waals surface area contributed by atoms with E-state index < -0.39 is 0 Å². The molecule has 4 heteroatoms. The largest absolute Gasteiger partial charge is 0.399 e. The van der Waals surface area contributed by atoms with E-state index in [4.69, 9.17) is 17.3 Å². The highest BCUT2D eigenvalue weighted by atomic mass is 35.5. The van der Waals surface area contributed by atoms with Gasteiger partial charge in [-0.1, -0.05) is 31.4 Å². The summed E-state index contributed by atoms with van der Waals surface area (Å²) >= 11 is 6.00. The first-order chi connectivity index (χ1) is 8.06. The maximum absolute atomic E-state index is 12.1. The second-order valence-corrected chi connectivity index (χ2v) is 4.58. The topological polar surface area (TPSA) is 46.3 Å². The Bertz CT molecular complexity index is 393. The van der Waals surface area contributed by atoms with Crippen molar-refractivity contribution in [3.05, 3.63) is 28.8 Å². The summed E-state index contributed by atoms with van der Waals surface area (Å²) in [4.78, 5) is 13.8. The van der Waals surface area contributed by atoms with Gasteiger partial charge in [0, 0.05) is 19.3 Å². The standard InChI is InChI=1S/C13H19ClN2O/c1-3-4-5-8-16(2)13(17)11-7-6-10(15)9-12(11)14/h6-7,9H,3-5,8,15H2,1-2H3. The summed E-state index contributed by atoms with van der Waals surface area (Å²) in [5.74, 6) is -0.0499. The summed E-state index contributed by atoms with van der Waals surface area (Å²) in [6, 6.07) is 4.98. The molecule has 1 aromatic rings. The van der Waals surface area contributed by atoms with Crippen molar-refractivity contribution in [1.82, 2.24) is 4.90 Å². The molecule has 1 aromatic carbocycles. The highest BCUT2D eigenvalue weighted by Gasteiger charge is 2.14. The summed E-state index contributed by atoms with van der Waals surface area (Å²) in [6.07, 6.45) is 3.29. The Balaban J connectivity index is 2.68. The van der Waals surface area contributed by atoms with E-state index in [9.17, 15) is 4.79 Å². The predicted molar refractivity (Wildman–Crippen MR) is 72.3 cm³/mol. The average Bonchev–Trinajstić information content (AvgIpc) is 2.28. The second-order valence-electron chi connectivity index (χ2n) is 4.17. The number of hydrogen-bond acceptors (Lipinski definition) is 2. The highest BCUT2D eigenvalue weighted by Crippen LogP contribution is 2.20. The van der Waals surface area contributed by atoms with Crippen molar-refractivity contribution in [2.24, 2.45) is 0 Å². The van der Waals surface area contributed by atoms with E-state index in [2.05, 4.69) is 6.92 Å². The molecule has 0 saturated heterocycles. The van der Waals surface area contributed by atoms with Gasteiger partial charge in [0.1, 0.15) is 0 Å². The van der Waals surface area contributed by atoms with Gasteiger partial charge in [0.2, 0.25) is 0 Å². The van der Waals surface area contributed by atoms with Crippen LogP contribution in [-0.2, 0) is 0 Å². The number of anilines is 1. The lowest BCUT2D eigenvalue weighted by Crippen LogP contribution is -2.28. The quantitative estimate of drug-likeness (QED) is 0.648. The molecule has 1 rings (SSSR count). The third-order valence-electron chi connectivity index (χ3n) is 2.67. The van der Waals surface area contributed by atoms with Gasteiger partial charge in [-0.05, 0) is 24.6 Å². The molecule has 2 N–H and O–H groups in total. The van der Waals surface area contributed by atoms with E-state index >= 15 is 0 Å². The van der Waals surface area contributed by atoms with E-state index in [1.165, 1.54) is 0 Å².